The molecule has 0 N–H and O–H groups in total. The van der Waals surface area contributed by atoms with Crippen molar-refractivity contribution in [3.8, 4) is 16.9 Å². The summed E-state index contributed by atoms with van der Waals surface area (Å²) in [7, 11) is 1.44. The number of unbranched alkanes of at least 4 members (excludes halogenated alkanes) is 1. The second-order valence-corrected chi connectivity index (χ2v) is 8.75. The van der Waals surface area contributed by atoms with Gasteiger partial charge in [0.15, 0.2) is 0 Å². The molecule has 1 heterocycles. The Morgan fingerprint density at radius 3 is 2.50 bits per heavy atom. The molecule has 0 atom stereocenters. The zero-order valence-electron chi connectivity index (χ0n) is 20.9. The van der Waals surface area contributed by atoms with Crippen LogP contribution >= 0.6 is 0 Å². The molecule has 0 saturated carbocycles. The first-order chi connectivity index (χ1) is 16.5. The quantitative estimate of drug-likeness (QED) is 0.223. The van der Waals surface area contributed by atoms with Crippen LogP contribution in [0.3, 0.4) is 0 Å². The van der Waals surface area contributed by atoms with Gasteiger partial charge in [-0.2, -0.15) is 0 Å². The zero-order valence-corrected chi connectivity index (χ0v) is 20.9. The summed E-state index contributed by atoms with van der Waals surface area (Å²) in [5, 5.41) is 0. The van der Waals surface area contributed by atoms with Gasteiger partial charge in [0.05, 0.1) is 13.7 Å². The van der Waals surface area contributed by atoms with Crippen molar-refractivity contribution in [2.24, 2.45) is 0 Å². The van der Waals surface area contributed by atoms with E-state index < -0.39 is 0 Å². The summed E-state index contributed by atoms with van der Waals surface area (Å²) >= 11 is 0. The van der Waals surface area contributed by atoms with E-state index in [-0.39, 0.29) is 5.97 Å². The van der Waals surface area contributed by atoms with Gasteiger partial charge in [-0.05, 0) is 73.7 Å². The van der Waals surface area contributed by atoms with Crippen LogP contribution in [0.2, 0.25) is 0 Å². The van der Waals surface area contributed by atoms with Gasteiger partial charge in [0, 0.05) is 31.0 Å². The summed E-state index contributed by atoms with van der Waals surface area (Å²) in [5.41, 5.74) is 6.33. The van der Waals surface area contributed by atoms with Crippen LogP contribution in [0.15, 0.2) is 59.7 Å². The van der Waals surface area contributed by atoms with Gasteiger partial charge in [-0.15, -0.1) is 0 Å². The fourth-order valence-corrected chi connectivity index (χ4v) is 3.86. The molecule has 0 spiro atoms. The number of anilines is 1. The van der Waals surface area contributed by atoms with E-state index in [9.17, 15) is 4.79 Å². The molecule has 182 valence electrons. The molecule has 1 aliphatic rings. The van der Waals surface area contributed by atoms with E-state index in [1.165, 1.54) is 12.7 Å². The second kappa shape index (κ2) is 13.0. The van der Waals surface area contributed by atoms with Gasteiger partial charge in [0.25, 0.3) is 0 Å². The Hall–Kier alpha value is -3.05. The maximum Gasteiger partial charge on any atom is 0.333 e. The number of allylic oxidation sites excluding steroid dienone is 1. The Morgan fingerprint density at radius 2 is 1.79 bits per heavy atom. The molecule has 0 aromatic heterocycles. The molecule has 1 aliphatic heterocycles. The number of nitrogens with zero attached hydrogens (tertiary/aromatic N) is 1. The van der Waals surface area contributed by atoms with Crippen molar-refractivity contribution in [3.05, 3.63) is 65.3 Å². The highest BCUT2D eigenvalue weighted by atomic mass is 16.5. The molecule has 0 saturated heterocycles. The summed E-state index contributed by atoms with van der Waals surface area (Å²) < 4.78 is 16.4. The first-order valence-corrected chi connectivity index (χ1v) is 12.1. The number of rotatable bonds is 11. The molecule has 0 unspecified atom stereocenters. The number of carbonyl (C=O) groups excluding carboxylic acids is 1. The van der Waals surface area contributed by atoms with Crippen LogP contribution in [0.4, 0.5) is 5.69 Å². The predicted molar refractivity (Wildman–Crippen MR) is 139 cm³/mol. The molecule has 34 heavy (non-hydrogen) atoms. The number of carbonyl (C=O) groups is 1. The topological polar surface area (TPSA) is 48.0 Å². The van der Waals surface area contributed by atoms with Crippen molar-refractivity contribution in [2.45, 2.75) is 40.0 Å². The van der Waals surface area contributed by atoms with Gasteiger partial charge < -0.3 is 19.1 Å². The average Bonchev–Trinajstić information content (AvgIpc) is 3.03. The SMILES string of the molecule is CCCCOCCOc1ccc(-c2ccc3c(c2)C=C(C(=O)OC)CCN3CC=C(C)C)cc1. The van der Waals surface area contributed by atoms with E-state index in [0.29, 0.717) is 25.2 Å². The largest absolute Gasteiger partial charge is 0.491 e. The minimum atomic E-state index is -0.263. The molecule has 2 aromatic carbocycles. The van der Waals surface area contributed by atoms with Gasteiger partial charge in [-0.1, -0.05) is 43.2 Å². The zero-order chi connectivity index (χ0) is 24.3. The van der Waals surface area contributed by atoms with Crippen LogP contribution in [-0.4, -0.2) is 46.0 Å². The van der Waals surface area contributed by atoms with E-state index in [4.69, 9.17) is 14.2 Å². The Kier molecular flexibility index (Phi) is 9.77. The number of fused-ring (bicyclic) bond motifs is 1. The van der Waals surface area contributed by atoms with Gasteiger partial charge in [0.1, 0.15) is 12.4 Å². The van der Waals surface area contributed by atoms with Gasteiger partial charge in [-0.3, -0.25) is 0 Å². The first kappa shape index (κ1) is 25.6. The third-order valence-electron chi connectivity index (χ3n) is 5.84. The summed E-state index contributed by atoms with van der Waals surface area (Å²) in [5.74, 6) is 0.568. The average molecular weight is 464 g/mol. The number of hydrogen-bond donors (Lipinski definition) is 0. The lowest BCUT2D eigenvalue weighted by Gasteiger charge is -2.24. The fourth-order valence-electron chi connectivity index (χ4n) is 3.86. The Morgan fingerprint density at radius 1 is 1.03 bits per heavy atom. The number of ether oxygens (including phenoxy) is 3. The lowest BCUT2D eigenvalue weighted by atomic mass is 10.00. The molecule has 0 aliphatic carbocycles. The molecule has 5 heteroatoms. The van der Waals surface area contributed by atoms with Crippen molar-refractivity contribution in [3.63, 3.8) is 0 Å². The molecule has 0 fully saturated rings. The lowest BCUT2D eigenvalue weighted by molar-refractivity contribution is -0.136. The Balaban J connectivity index is 1.78. The van der Waals surface area contributed by atoms with E-state index in [2.05, 4.69) is 62.1 Å². The number of hydrogen-bond acceptors (Lipinski definition) is 5. The monoisotopic (exact) mass is 463 g/mol. The predicted octanol–water partition coefficient (Wildman–Crippen LogP) is 6.28. The van der Waals surface area contributed by atoms with Crippen LogP contribution in [0.1, 0.15) is 45.6 Å². The van der Waals surface area contributed by atoms with Gasteiger partial charge in [0.2, 0.25) is 0 Å². The third kappa shape index (κ3) is 7.22. The molecule has 0 bridgehead atoms. The van der Waals surface area contributed by atoms with E-state index >= 15 is 0 Å². The Bertz CT molecular complexity index is 1000. The van der Waals surface area contributed by atoms with Crippen molar-refractivity contribution in [2.75, 3.05) is 44.9 Å². The number of benzene rings is 2. The van der Waals surface area contributed by atoms with Crippen molar-refractivity contribution in [1.29, 1.82) is 0 Å². The summed E-state index contributed by atoms with van der Waals surface area (Å²) in [6.07, 6.45) is 7.07. The standard InChI is InChI=1S/C29H37NO4/c1-5-6-17-33-18-19-34-27-10-7-23(8-11-27)24-9-12-28-26(20-24)21-25(29(31)32-4)14-16-30(28)15-13-22(2)3/h7-13,20-21H,5-6,14-19H2,1-4H3. The highest BCUT2D eigenvalue weighted by Crippen LogP contribution is 2.33. The minimum Gasteiger partial charge on any atom is -0.491 e. The van der Waals surface area contributed by atoms with Crippen LogP contribution in [0.25, 0.3) is 17.2 Å². The molecular weight excluding hydrogens is 426 g/mol. The highest BCUT2D eigenvalue weighted by Gasteiger charge is 2.20. The molecule has 5 nitrogen and oxygen atoms in total. The molecule has 2 aromatic rings. The maximum atomic E-state index is 12.3. The Labute approximate surface area is 204 Å². The van der Waals surface area contributed by atoms with Crippen LogP contribution in [0.5, 0.6) is 5.75 Å². The minimum absolute atomic E-state index is 0.263. The summed E-state index contributed by atoms with van der Waals surface area (Å²) in [4.78, 5) is 14.6. The fraction of sp³-hybridized carbons (Fsp3) is 0.414. The smallest absolute Gasteiger partial charge is 0.333 e. The van der Waals surface area contributed by atoms with Crippen molar-refractivity contribution in [1.82, 2.24) is 0 Å². The normalized spacial score (nSPS) is 12.9. The number of esters is 1. The highest BCUT2D eigenvalue weighted by molar-refractivity contribution is 5.96. The van der Waals surface area contributed by atoms with Crippen LogP contribution < -0.4 is 9.64 Å². The third-order valence-corrected chi connectivity index (χ3v) is 5.84. The molecular formula is C29H37NO4. The summed E-state index contributed by atoms with van der Waals surface area (Å²) in [6.45, 7) is 9.88. The molecule has 0 amide bonds. The summed E-state index contributed by atoms with van der Waals surface area (Å²) in [6, 6.07) is 14.6. The molecule has 0 radical (unpaired) electrons. The maximum absolute atomic E-state index is 12.3. The molecule has 3 rings (SSSR count). The van der Waals surface area contributed by atoms with Gasteiger partial charge in [-0.25, -0.2) is 4.79 Å². The second-order valence-electron chi connectivity index (χ2n) is 8.75. The van der Waals surface area contributed by atoms with Crippen LogP contribution in [-0.2, 0) is 14.3 Å². The van der Waals surface area contributed by atoms with Crippen molar-refractivity contribution >= 4 is 17.7 Å². The van der Waals surface area contributed by atoms with E-state index in [1.807, 2.05) is 18.2 Å². The lowest BCUT2D eigenvalue weighted by Crippen LogP contribution is -2.25. The van der Waals surface area contributed by atoms with Crippen LogP contribution in [0, 0.1) is 0 Å². The van der Waals surface area contributed by atoms with Gasteiger partial charge >= 0.3 is 5.97 Å². The number of methoxy groups -OCH3 is 1. The van der Waals surface area contributed by atoms with E-state index in [1.54, 1.807) is 0 Å². The van der Waals surface area contributed by atoms with Crippen molar-refractivity contribution < 1.29 is 19.0 Å². The first-order valence-electron chi connectivity index (χ1n) is 12.1. The van der Waals surface area contributed by atoms with E-state index in [0.717, 1.165) is 60.7 Å².